The van der Waals surface area contributed by atoms with Gasteiger partial charge in [0.15, 0.2) is 5.82 Å². The van der Waals surface area contributed by atoms with Crippen LogP contribution in [0.4, 0.5) is 0 Å². The molecule has 19 heavy (non-hydrogen) atoms. The molecule has 90 valence electrons. The minimum absolute atomic E-state index is 0.766. The van der Waals surface area contributed by atoms with Crippen molar-refractivity contribution in [3.05, 3.63) is 72.2 Å². The Hall–Kier alpha value is -2.86. The average molecular weight is 245 g/mol. The summed E-state index contributed by atoms with van der Waals surface area (Å²) in [5.41, 5.74) is 2.70. The summed E-state index contributed by atoms with van der Waals surface area (Å²) in [4.78, 5) is 11.5. The monoisotopic (exact) mass is 245 g/mol. The Morgan fingerprint density at radius 3 is 2.37 bits per heavy atom. The van der Waals surface area contributed by atoms with Crippen LogP contribution in [0.1, 0.15) is 11.1 Å². The number of hydrogen-bond acceptors (Lipinski definition) is 2. The second kappa shape index (κ2) is 5.19. The summed E-state index contributed by atoms with van der Waals surface area (Å²) in [5.74, 6) is 6.96. The summed E-state index contributed by atoms with van der Waals surface area (Å²) < 4.78 is 0. The first-order valence-electron chi connectivity index (χ1n) is 5.95. The third kappa shape index (κ3) is 2.70. The predicted molar refractivity (Wildman–Crippen MR) is 74.2 cm³/mol. The Morgan fingerprint density at radius 1 is 0.842 bits per heavy atom. The van der Waals surface area contributed by atoms with E-state index in [4.69, 9.17) is 0 Å². The van der Waals surface area contributed by atoms with Crippen LogP contribution in [0, 0.1) is 11.8 Å². The zero-order valence-corrected chi connectivity index (χ0v) is 10.2. The van der Waals surface area contributed by atoms with Crippen LogP contribution in [0.25, 0.3) is 11.5 Å². The molecule has 3 heteroatoms. The fourth-order valence-corrected chi connectivity index (χ4v) is 1.68. The van der Waals surface area contributed by atoms with Gasteiger partial charge in [-0.3, -0.25) is 4.98 Å². The van der Waals surface area contributed by atoms with Crippen molar-refractivity contribution in [1.29, 1.82) is 0 Å². The van der Waals surface area contributed by atoms with Gasteiger partial charge < -0.3 is 4.98 Å². The van der Waals surface area contributed by atoms with E-state index in [2.05, 4.69) is 26.8 Å². The molecule has 0 aliphatic heterocycles. The number of pyridine rings is 1. The lowest BCUT2D eigenvalue weighted by atomic mass is 10.2. The van der Waals surface area contributed by atoms with Crippen LogP contribution >= 0.6 is 0 Å². The van der Waals surface area contributed by atoms with Crippen molar-refractivity contribution in [2.45, 2.75) is 0 Å². The lowest BCUT2D eigenvalue weighted by molar-refractivity contribution is 1.22. The lowest BCUT2D eigenvalue weighted by Gasteiger charge is -1.95. The Morgan fingerprint density at radius 2 is 1.68 bits per heavy atom. The van der Waals surface area contributed by atoms with E-state index >= 15 is 0 Å². The SMILES string of the molecule is C(#Cc1ccc(-c2ncc[nH]2)nc1)c1ccccc1. The summed E-state index contributed by atoms with van der Waals surface area (Å²) in [6.45, 7) is 0. The van der Waals surface area contributed by atoms with E-state index in [1.807, 2.05) is 42.5 Å². The number of nitrogens with zero attached hydrogens (tertiary/aromatic N) is 2. The molecular weight excluding hydrogens is 234 g/mol. The summed E-state index contributed by atoms with van der Waals surface area (Å²) in [6.07, 6.45) is 5.24. The van der Waals surface area contributed by atoms with Crippen LogP contribution in [-0.2, 0) is 0 Å². The van der Waals surface area contributed by atoms with Crippen LogP contribution in [0.15, 0.2) is 61.1 Å². The molecule has 0 aliphatic rings. The molecule has 0 atom stereocenters. The summed E-state index contributed by atoms with van der Waals surface area (Å²) in [7, 11) is 0. The van der Waals surface area contributed by atoms with Crippen molar-refractivity contribution in [3.63, 3.8) is 0 Å². The van der Waals surface area contributed by atoms with Gasteiger partial charge in [0.05, 0.1) is 0 Å². The Kier molecular flexibility index (Phi) is 3.07. The first-order chi connectivity index (χ1) is 9.42. The summed E-state index contributed by atoms with van der Waals surface area (Å²) >= 11 is 0. The van der Waals surface area contributed by atoms with Gasteiger partial charge >= 0.3 is 0 Å². The molecule has 0 radical (unpaired) electrons. The zero-order valence-electron chi connectivity index (χ0n) is 10.2. The normalized spacial score (nSPS) is 9.68. The maximum Gasteiger partial charge on any atom is 0.155 e. The molecule has 3 rings (SSSR count). The molecule has 0 spiro atoms. The second-order valence-electron chi connectivity index (χ2n) is 3.99. The molecule has 0 amide bonds. The Labute approximate surface area is 111 Å². The highest BCUT2D eigenvalue weighted by Crippen LogP contribution is 2.10. The van der Waals surface area contributed by atoms with Gasteiger partial charge in [-0.05, 0) is 24.3 Å². The quantitative estimate of drug-likeness (QED) is 0.670. The van der Waals surface area contributed by atoms with E-state index < -0.39 is 0 Å². The van der Waals surface area contributed by atoms with Crippen molar-refractivity contribution in [3.8, 4) is 23.4 Å². The van der Waals surface area contributed by atoms with Crippen molar-refractivity contribution >= 4 is 0 Å². The van der Waals surface area contributed by atoms with Crippen molar-refractivity contribution < 1.29 is 0 Å². The van der Waals surface area contributed by atoms with E-state index in [-0.39, 0.29) is 0 Å². The minimum atomic E-state index is 0.766. The number of H-pyrrole nitrogens is 1. The van der Waals surface area contributed by atoms with E-state index in [1.165, 1.54) is 0 Å². The highest BCUT2D eigenvalue weighted by molar-refractivity contribution is 5.51. The van der Waals surface area contributed by atoms with Gasteiger partial charge in [-0.15, -0.1) is 0 Å². The number of aromatic amines is 1. The number of benzene rings is 1. The van der Waals surface area contributed by atoms with Gasteiger partial charge in [-0.1, -0.05) is 30.0 Å². The van der Waals surface area contributed by atoms with E-state index in [1.54, 1.807) is 18.6 Å². The lowest BCUT2D eigenvalue weighted by Crippen LogP contribution is -1.86. The number of aromatic nitrogens is 3. The van der Waals surface area contributed by atoms with Crippen molar-refractivity contribution in [2.24, 2.45) is 0 Å². The molecule has 2 aromatic heterocycles. The van der Waals surface area contributed by atoms with Crippen molar-refractivity contribution in [1.82, 2.24) is 15.0 Å². The second-order valence-corrected chi connectivity index (χ2v) is 3.99. The van der Waals surface area contributed by atoms with Gasteiger partial charge in [0.1, 0.15) is 5.69 Å². The Balaban J connectivity index is 1.82. The third-order valence-electron chi connectivity index (χ3n) is 2.63. The summed E-state index contributed by atoms with van der Waals surface area (Å²) in [5, 5.41) is 0. The molecule has 1 N–H and O–H groups in total. The molecule has 1 aromatic carbocycles. The first-order valence-corrected chi connectivity index (χ1v) is 5.95. The number of nitrogens with one attached hydrogen (secondary N) is 1. The smallest absolute Gasteiger partial charge is 0.155 e. The molecule has 3 nitrogen and oxygen atoms in total. The first kappa shape index (κ1) is 11.2. The average Bonchev–Trinajstić information content (AvgIpc) is 3.01. The van der Waals surface area contributed by atoms with Gasteiger partial charge in [0, 0.05) is 29.7 Å². The molecule has 0 saturated carbocycles. The number of imidazole rings is 1. The summed E-state index contributed by atoms with van der Waals surface area (Å²) in [6, 6.07) is 13.7. The van der Waals surface area contributed by atoms with Crippen LogP contribution < -0.4 is 0 Å². The molecule has 0 unspecified atom stereocenters. The van der Waals surface area contributed by atoms with E-state index in [0.717, 1.165) is 22.6 Å². The molecular formula is C16H11N3. The molecule has 2 heterocycles. The molecule has 0 saturated heterocycles. The van der Waals surface area contributed by atoms with E-state index in [9.17, 15) is 0 Å². The molecule has 0 bridgehead atoms. The predicted octanol–water partition coefficient (Wildman–Crippen LogP) is 2.87. The maximum atomic E-state index is 4.34. The largest absolute Gasteiger partial charge is 0.343 e. The Bertz CT molecular complexity index is 702. The van der Waals surface area contributed by atoms with Crippen LogP contribution in [0.3, 0.4) is 0 Å². The highest BCUT2D eigenvalue weighted by atomic mass is 14.9. The van der Waals surface area contributed by atoms with Gasteiger partial charge in [-0.25, -0.2) is 4.98 Å². The van der Waals surface area contributed by atoms with E-state index in [0.29, 0.717) is 0 Å². The van der Waals surface area contributed by atoms with Gasteiger partial charge in [0.25, 0.3) is 0 Å². The van der Waals surface area contributed by atoms with Gasteiger partial charge in [0.2, 0.25) is 0 Å². The zero-order chi connectivity index (χ0) is 12.9. The van der Waals surface area contributed by atoms with Crippen molar-refractivity contribution in [2.75, 3.05) is 0 Å². The molecule has 3 aromatic rings. The third-order valence-corrected chi connectivity index (χ3v) is 2.63. The highest BCUT2D eigenvalue weighted by Gasteiger charge is 1.99. The van der Waals surface area contributed by atoms with Crippen LogP contribution in [0.5, 0.6) is 0 Å². The molecule has 0 aliphatic carbocycles. The standard InChI is InChI=1S/C16H11N3/c1-2-4-13(5-3-1)6-7-14-8-9-15(19-12-14)16-17-10-11-18-16/h1-5,8-12H,(H,17,18). The maximum absolute atomic E-state index is 4.34. The van der Waals surface area contributed by atoms with Crippen LogP contribution in [-0.4, -0.2) is 15.0 Å². The molecule has 0 fully saturated rings. The topological polar surface area (TPSA) is 41.6 Å². The fraction of sp³-hybridized carbons (Fsp3) is 0. The number of rotatable bonds is 1. The van der Waals surface area contributed by atoms with Crippen LogP contribution in [0.2, 0.25) is 0 Å². The minimum Gasteiger partial charge on any atom is -0.343 e. The number of hydrogen-bond donors (Lipinski definition) is 1. The van der Waals surface area contributed by atoms with Gasteiger partial charge in [-0.2, -0.15) is 0 Å². The fourth-order valence-electron chi connectivity index (χ4n) is 1.68.